The van der Waals surface area contributed by atoms with Crippen LogP contribution in [0.25, 0.3) is 6.08 Å². The van der Waals surface area contributed by atoms with Gasteiger partial charge < -0.3 is 19.1 Å². The molecular weight excluding hydrogens is 504 g/mol. The topological polar surface area (TPSA) is 30.9 Å². The third-order valence-corrected chi connectivity index (χ3v) is 6.23. The van der Waals surface area contributed by atoms with Crippen molar-refractivity contribution in [1.29, 1.82) is 0 Å². The van der Waals surface area contributed by atoms with E-state index in [1.165, 1.54) is 6.26 Å². The van der Waals surface area contributed by atoms with Gasteiger partial charge >= 0.3 is 0 Å². The van der Waals surface area contributed by atoms with Crippen LogP contribution in [0.4, 0.5) is 14.5 Å². The summed E-state index contributed by atoms with van der Waals surface area (Å²) < 4.78 is 47.2. The summed E-state index contributed by atoms with van der Waals surface area (Å²) in [4.78, 5) is 1.70. The minimum Gasteiger partial charge on any atom is -0.501 e. The van der Waals surface area contributed by atoms with Crippen molar-refractivity contribution in [2.45, 2.75) is 26.9 Å². The number of rotatable bonds is 10. The number of methoxy groups -OCH3 is 2. The van der Waals surface area contributed by atoms with Crippen molar-refractivity contribution in [2.24, 2.45) is 0 Å². The van der Waals surface area contributed by atoms with E-state index >= 15 is 8.78 Å². The third-order valence-electron chi connectivity index (χ3n) is 5.46. The first-order valence-corrected chi connectivity index (χ1v) is 11.6. The third kappa shape index (κ3) is 5.89. The van der Waals surface area contributed by atoms with E-state index in [9.17, 15) is 0 Å². The van der Waals surface area contributed by atoms with Crippen LogP contribution in [0.1, 0.15) is 29.2 Å². The zero-order chi connectivity index (χ0) is 24.7. The van der Waals surface area contributed by atoms with E-state index in [4.69, 9.17) is 14.2 Å². The van der Waals surface area contributed by atoms with Gasteiger partial charge in [0, 0.05) is 18.7 Å². The highest BCUT2D eigenvalue weighted by Gasteiger charge is 2.25. The molecule has 0 saturated carbocycles. The molecule has 3 aromatic rings. The summed E-state index contributed by atoms with van der Waals surface area (Å²) in [5.74, 6) is 0.152. The summed E-state index contributed by atoms with van der Waals surface area (Å²) in [6.07, 6.45) is 3.01. The first-order valence-electron chi connectivity index (χ1n) is 10.9. The van der Waals surface area contributed by atoms with Crippen LogP contribution in [0.5, 0.6) is 11.5 Å². The molecule has 3 rings (SSSR count). The van der Waals surface area contributed by atoms with E-state index in [2.05, 4.69) is 15.9 Å². The average Bonchev–Trinajstić information content (AvgIpc) is 2.86. The normalized spacial score (nSPS) is 11.0. The zero-order valence-corrected chi connectivity index (χ0v) is 21.3. The van der Waals surface area contributed by atoms with Crippen LogP contribution in [0.15, 0.2) is 59.3 Å². The molecule has 0 fully saturated rings. The predicted octanol–water partition coefficient (Wildman–Crippen LogP) is 7.27. The van der Waals surface area contributed by atoms with E-state index in [1.54, 1.807) is 32.1 Å². The molecular formula is C27H28BrF2NO3. The lowest BCUT2D eigenvalue weighted by atomic mass is 10.0. The second kappa shape index (κ2) is 11.9. The monoisotopic (exact) mass is 531 g/mol. The van der Waals surface area contributed by atoms with Gasteiger partial charge in [-0.15, -0.1) is 0 Å². The van der Waals surface area contributed by atoms with Gasteiger partial charge in [0.2, 0.25) is 0 Å². The van der Waals surface area contributed by atoms with Gasteiger partial charge in [-0.1, -0.05) is 24.3 Å². The van der Waals surface area contributed by atoms with Gasteiger partial charge in [0.05, 0.1) is 31.6 Å². The second-order valence-electron chi connectivity index (χ2n) is 7.64. The molecule has 0 bridgehead atoms. The fourth-order valence-corrected chi connectivity index (χ4v) is 4.20. The maximum absolute atomic E-state index is 15.7. The molecule has 0 aliphatic heterocycles. The lowest BCUT2D eigenvalue weighted by Gasteiger charge is -2.28. The number of hydrogen-bond acceptors (Lipinski definition) is 4. The average molecular weight is 532 g/mol. The van der Waals surface area contributed by atoms with Crippen LogP contribution in [0.2, 0.25) is 0 Å². The van der Waals surface area contributed by atoms with Crippen LogP contribution >= 0.6 is 15.9 Å². The van der Waals surface area contributed by atoms with Crippen LogP contribution in [0, 0.1) is 18.6 Å². The number of ether oxygens (including phenoxy) is 3. The summed E-state index contributed by atoms with van der Waals surface area (Å²) in [5, 5.41) is 0. The molecule has 180 valence electrons. The first-order chi connectivity index (χ1) is 16.4. The van der Waals surface area contributed by atoms with Crippen molar-refractivity contribution in [3.8, 4) is 11.5 Å². The number of nitrogens with zero attached hydrogens (tertiary/aromatic N) is 1. The van der Waals surface area contributed by atoms with E-state index < -0.39 is 11.6 Å². The van der Waals surface area contributed by atoms with Gasteiger partial charge in [0.25, 0.3) is 0 Å². The zero-order valence-electron chi connectivity index (χ0n) is 19.7. The Kier molecular flexibility index (Phi) is 8.93. The largest absolute Gasteiger partial charge is 0.501 e. The van der Waals surface area contributed by atoms with E-state index in [0.717, 1.165) is 11.1 Å². The van der Waals surface area contributed by atoms with Crippen LogP contribution < -0.4 is 14.4 Å². The molecule has 7 heteroatoms. The Labute approximate surface area is 207 Å². The van der Waals surface area contributed by atoms with Crippen LogP contribution in [-0.2, 0) is 17.8 Å². The molecule has 0 heterocycles. The highest BCUT2D eigenvalue weighted by atomic mass is 79.9. The number of hydrogen-bond donors (Lipinski definition) is 0. The number of anilines is 1. The molecule has 0 saturated heterocycles. The molecule has 0 radical (unpaired) electrons. The standard InChI is InChI=1S/C27H28BrF2NO3/c1-5-34-15-14-23-18(2)25(29)27(26(30)24(23)28)31(16-19-6-10-21(32-3)11-7-19)17-20-8-12-22(33-4)13-9-20/h6-15H,5,16-17H2,1-4H3/b15-14+. The molecule has 0 unspecified atom stereocenters. The molecule has 0 spiro atoms. The maximum atomic E-state index is 15.7. The smallest absolute Gasteiger partial charge is 0.164 e. The van der Waals surface area contributed by atoms with E-state index in [-0.39, 0.29) is 10.2 Å². The molecule has 0 aliphatic rings. The van der Waals surface area contributed by atoms with Crippen LogP contribution in [0.3, 0.4) is 0 Å². The summed E-state index contributed by atoms with van der Waals surface area (Å²) in [5.41, 5.74) is 2.42. The van der Waals surface area contributed by atoms with Gasteiger partial charge in [0.1, 0.15) is 17.2 Å². The Morgan fingerprint density at radius 3 is 1.79 bits per heavy atom. The highest BCUT2D eigenvalue weighted by Crippen LogP contribution is 2.37. The molecule has 0 aliphatic carbocycles. The maximum Gasteiger partial charge on any atom is 0.164 e. The van der Waals surface area contributed by atoms with Crippen molar-refractivity contribution in [3.63, 3.8) is 0 Å². The molecule has 4 nitrogen and oxygen atoms in total. The van der Waals surface area contributed by atoms with Gasteiger partial charge in [0.15, 0.2) is 11.6 Å². The summed E-state index contributed by atoms with van der Waals surface area (Å²) in [7, 11) is 3.19. The number of halogens is 3. The Morgan fingerprint density at radius 2 is 1.35 bits per heavy atom. The molecule has 0 N–H and O–H groups in total. The molecule has 0 amide bonds. The quantitative estimate of drug-likeness (QED) is 0.203. The van der Waals surface area contributed by atoms with Crippen LogP contribution in [-0.4, -0.2) is 20.8 Å². The molecule has 34 heavy (non-hydrogen) atoms. The van der Waals surface area contributed by atoms with Gasteiger partial charge in [-0.25, -0.2) is 8.78 Å². The van der Waals surface area contributed by atoms with Crippen molar-refractivity contribution in [2.75, 3.05) is 25.7 Å². The Hall–Kier alpha value is -3.06. The fraction of sp³-hybridized carbons (Fsp3) is 0.259. The predicted molar refractivity (Wildman–Crippen MR) is 135 cm³/mol. The Morgan fingerprint density at radius 1 is 0.853 bits per heavy atom. The Bertz CT molecular complexity index is 1050. The summed E-state index contributed by atoms with van der Waals surface area (Å²) in [6.45, 7) is 4.53. The SMILES string of the molecule is CCO/C=C/c1c(C)c(F)c(N(Cc2ccc(OC)cc2)Cc2ccc(OC)cc2)c(F)c1Br. The Balaban J connectivity index is 2.06. The van der Waals surface area contributed by atoms with Crippen molar-refractivity contribution in [3.05, 3.63) is 93.2 Å². The summed E-state index contributed by atoms with van der Waals surface area (Å²) in [6, 6.07) is 14.9. The first kappa shape index (κ1) is 25.6. The second-order valence-corrected chi connectivity index (χ2v) is 8.43. The van der Waals surface area contributed by atoms with Gasteiger partial charge in [-0.3, -0.25) is 0 Å². The molecule has 0 aromatic heterocycles. The minimum atomic E-state index is -0.665. The minimum absolute atomic E-state index is 0.0930. The van der Waals surface area contributed by atoms with Crippen molar-refractivity contribution >= 4 is 27.7 Å². The molecule has 3 aromatic carbocycles. The van der Waals surface area contributed by atoms with Gasteiger partial charge in [-0.2, -0.15) is 0 Å². The lowest BCUT2D eigenvalue weighted by molar-refractivity contribution is 0.272. The molecule has 0 atom stereocenters. The fourth-order valence-electron chi connectivity index (χ4n) is 3.58. The van der Waals surface area contributed by atoms with E-state index in [1.807, 2.05) is 55.5 Å². The number of benzene rings is 3. The van der Waals surface area contributed by atoms with E-state index in [0.29, 0.717) is 42.3 Å². The van der Waals surface area contributed by atoms with Gasteiger partial charge in [-0.05, 0) is 76.8 Å². The van der Waals surface area contributed by atoms with Crippen molar-refractivity contribution < 1.29 is 23.0 Å². The van der Waals surface area contributed by atoms with Crippen molar-refractivity contribution in [1.82, 2.24) is 0 Å². The highest BCUT2D eigenvalue weighted by molar-refractivity contribution is 9.10. The summed E-state index contributed by atoms with van der Waals surface area (Å²) >= 11 is 3.34. The lowest BCUT2D eigenvalue weighted by Crippen LogP contribution is -2.25.